The number of thioether (sulfide) groups is 1. The summed E-state index contributed by atoms with van der Waals surface area (Å²) in [7, 11) is 0. The van der Waals surface area contributed by atoms with E-state index in [1.165, 1.54) is 25.1 Å². The second-order valence-electron chi connectivity index (χ2n) is 6.29. The van der Waals surface area contributed by atoms with E-state index in [1.807, 2.05) is 11.8 Å². The summed E-state index contributed by atoms with van der Waals surface area (Å²) in [5, 5.41) is 4.71. The molecule has 1 heterocycles. The first-order chi connectivity index (χ1) is 8.96. The Morgan fingerprint density at radius 3 is 2.58 bits per heavy atom. The van der Waals surface area contributed by atoms with Gasteiger partial charge in [0.2, 0.25) is 0 Å². The fourth-order valence-corrected chi connectivity index (χ4v) is 3.23. The topological polar surface area (TPSA) is 27.6 Å². The molecule has 3 nitrogen and oxygen atoms in total. The average Bonchev–Trinajstić information content (AvgIpc) is 2.37. The van der Waals surface area contributed by atoms with E-state index in [0.29, 0.717) is 11.5 Å². The van der Waals surface area contributed by atoms with Crippen molar-refractivity contribution in [1.29, 1.82) is 0 Å². The van der Waals surface area contributed by atoms with Crippen molar-refractivity contribution in [1.82, 2.24) is 10.2 Å². The Labute approximate surface area is 123 Å². The van der Waals surface area contributed by atoms with Crippen LogP contribution in [0.3, 0.4) is 0 Å². The maximum absolute atomic E-state index is 4.66. The Hall–Kier alpha value is -0.220. The molecule has 112 valence electrons. The van der Waals surface area contributed by atoms with Crippen LogP contribution in [0.5, 0.6) is 0 Å². The maximum Gasteiger partial charge on any atom is 0.156 e. The van der Waals surface area contributed by atoms with E-state index < -0.39 is 0 Å². The highest BCUT2D eigenvalue weighted by molar-refractivity contribution is 8.13. The van der Waals surface area contributed by atoms with Gasteiger partial charge in [0.1, 0.15) is 0 Å². The van der Waals surface area contributed by atoms with E-state index in [9.17, 15) is 0 Å². The van der Waals surface area contributed by atoms with Gasteiger partial charge in [-0.1, -0.05) is 39.5 Å². The SMILES string of the molecule is CCN(CC)CCCC(C)NC1=NCC(C)(C)CS1. The lowest BCUT2D eigenvalue weighted by Gasteiger charge is -2.28. The van der Waals surface area contributed by atoms with Gasteiger partial charge in [-0.3, -0.25) is 4.99 Å². The van der Waals surface area contributed by atoms with Gasteiger partial charge in [-0.2, -0.15) is 0 Å². The van der Waals surface area contributed by atoms with Gasteiger partial charge in [-0.05, 0) is 44.8 Å². The largest absolute Gasteiger partial charge is 0.362 e. The zero-order valence-corrected chi connectivity index (χ0v) is 14.1. The van der Waals surface area contributed by atoms with Crippen molar-refractivity contribution in [2.75, 3.05) is 31.9 Å². The monoisotopic (exact) mass is 285 g/mol. The second kappa shape index (κ2) is 8.15. The summed E-state index contributed by atoms with van der Waals surface area (Å²) in [5.74, 6) is 1.17. The molecule has 1 unspecified atom stereocenters. The van der Waals surface area contributed by atoms with E-state index in [1.54, 1.807) is 0 Å². The predicted molar refractivity (Wildman–Crippen MR) is 88.2 cm³/mol. The van der Waals surface area contributed by atoms with Crippen LogP contribution in [0.1, 0.15) is 47.5 Å². The molecule has 0 saturated heterocycles. The van der Waals surface area contributed by atoms with Crippen LogP contribution in [0.4, 0.5) is 0 Å². The molecule has 1 N–H and O–H groups in total. The summed E-state index contributed by atoms with van der Waals surface area (Å²) in [6.45, 7) is 15.8. The first-order valence-corrected chi connectivity index (χ1v) is 8.61. The highest BCUT2D eigenvalue weighted by Gasteiger charge is 2.23. The number of rotatable bonds is 7. The van der Waals surface area contributed by atoms with Gasteiger partial charge in [0.25, 0.3) is 0 Å². The zero-order valence-electron chi connectivity index (χ0n) is 13.3. The normalized spacial score (nSPS) is 20.2. The van der Waals surface area contributed by atoms with Gasteiger partial charge < -0.3 is 10.2 Å². The van der Waals surface area contributed by atoms with Crippen LogP contribution in [0.25, 0.3) is 0 Å². The van der Waals surface area contributed by atoms with Crippen molar-refractivity contribution < 1.29 is 0 Å². The second-order valence-corrected chi connectivity index (χ2v) is 7.25. The molecule has 1 aliphatic heterocycles. The van der Waals surface area contributed by atoms with E-state index in [-0.39, 0.29) is 0 Å². The Kier molecular flexibility index (Phi) is 7.22. The fourth-order valence-electron chi connectivity index (χ4n) is 2.17. The van der Waals surface area contributed by atoms with E-state index >= 15 is 0 Å². The van der Waals surface area contributed by atoms with Crippen molar-refractivity contribution in [3.8, 4) is 0 Å². The molecule has 0 aromatic rings. The van der Waals surface area contributed by atoms with Crippen molar-refractivity contribution >= 4 is 16.9 Å². The van der Waals surface area contributed by atoms with Gasteiger partial charge in [-0.25, -0.2) is 0 Å². The Morgan fingerprint density at radius 2 is 2.05 bits per heavy atom. The quantitative estimate of drug-likeness (QED) is 0.778. The average molecular weight is 286 g/mol. The van der Waals surface area contributed by atoms with Gasteiger partial charge in [-0.15, -0.1) is 0 Å². The summed E-state index contributed by atoms with van der Waals surface area (Å²) < 4.78 is 0. The molecule has 0 bridgehead atoms. The van der Waals surface area contributed by atoms with E-state index in [4.69, 9.17) is 0 Å². The van der Waals surface area contributed by atoms with Crippen LogP contribution in [-0.4, -0.2) is 48.0 Å². The lowest BCUT2D eigenvalue weighted by molar-refractivity contribution is 0.293. The molecule has 1 atom stereocenters. The fraction of sp³-hybridized carbons (Fsp3) is 0.933. The molecule has 1 rings (SSSR count). The standard InChI is InChI=1S/C15H31N3S/c1-6-18(7-2)10-8-9-13(3)17-14-16-11-15(4,5)12-19-14/h13H,6-12H2,1-5H3,(H,16,17). The first kappa shape index (κ1) is 16.8. The Bertz CT molecular complexity index is 285. The smallest absolute Gasteiger partial charge is 0.156 e. The van der Waals surface area contributed by atoms with Crippen molar-refractivity contribution in [3.63, 3.8) is 0 Å². The van der Waals surface area contributed by atoms with Crippen LogP contribution in [-0.2, 0) is 0 Å². The molecule has 0 radical (unpaired) electrons. The molecule has 0 amide bonds. The Balaban J connectivity index is 2.21. The van der Waals surface area contributed by atoms with Crippen LogP contribution >= 0.6 is 11.8 Å². The van der Waals surface area contributed by atoms with E-state index in [0.717, 1.165) is 24.8 Å². The summed E-state index contributed by atoms with van der Waals surface area (Å²) in [6, 6.07) is 0.531. The number of nitrogens with zero attached hydrogens (tertiary/aromatic N) is 2. The number of nitrogens with one attached hydrogen (secondary N) is 1. The number of hydrogen-bond acceptors (Lipinski definition) is 4. The first-order valence-electron chi connectivity index (χ1n) is 7.63. The van der Waals surface area contributed by atoms with Crippen LogP contribution in [0, 0.1) is 5.41 Å². The molecule has 0 fully saturated rings. The molecule has 0 aromatic heterocycles. The molecule has 0 aliphatic carbocycles. The van der Waals surface area contributed by atoms with Gasteiger partial charge in [0, 0.05) is 18.3 Å². The molecule has 0 saturated carbocycles. The molecule has 0 aromatic carbocycles. The highest BCUT2D eigenvalue weighted by Crippen LogP contribution is 2.27. The molecule has 0 spiro atoms. The molecular formula is C15H31N3S. The molecule has 19 heavy (non-hydrogen) atoms. The van der Waals surface area contributed by atoms with Gasteiger partial charge >= 0.3 is 0 Å². The summed E-state index contributed by atoms with van der Waals surface area (Å²) in [5.41, 5.74) is 0.363. The van der Waals surface area contributed by atoms with Gasteiger partial charge in [0.05, 0.1) is 0 Å². The summed E-state index contributed by atoms with van der Waals surface area (Å²) in [6.07, 6.45) is 2.48. The number of amidine groups is 1. The zero-order chi connectivity index (χ0) is 14.3. The minimum absolute atomic E-state index is 0.363. The summed E-state index contributed by atoms with van der Waals surface area (Å²) >= 11 is 1.88. The van der Waals surface area contributed by atoms with E-state index in [2.05, 4.69) is 49.8 Å². The van der Waals surface area contributed by atoms with Crippen LogP contribution < -0.4 is 5.32 Å². The van der Waals surface area contributed by atoms with Crippen molar-refractivity contribution in [2.24, 2.45) is 10.4 Å². The molecule has 4 heteroatoms. The third kappa shape index (κ3) is 6.66. The lowest BCUT2D eigenvalue weighted by atomic mass is 9.97. The number of hydrogen-bond donors (Lipinski definition) is 1. The predicted octanol–water partition coefficient (Wildman–Crippen LogP) is 3.22. The minimum atomic E-state index is 0.363. The molecule has 1 aliphatic rings. The van der Waals surface area contributed by atoms with Crippen LogP contribution in [0.15, 0.2) is 4.99 Å². The van der Waals surface area contributed by atoms with Crippen molar-refractivity contribution in [3.05, 3.63) is 0 Å². The van der Waals surface area contributed by atoms with Gasteiger partial charge in [0.15, 0.2) is 5.17 Å². The summed E-state index contributed by atoms with van der Waals surface area (Å²) in [4.78, 5) is 7.14. The third-order valence-corrected chi connectivity index (χ3v) is 5.07. The van der Waals surface area contributed by atoms with Crippen LogP contribution in [0.2, 0.25) is 0 Å². The highest BCUT2D eigenvalue weighted by atomic mass is 32.2. The molecular weight excluding hydrogens is 254 g/mol. The minimum Gasteiger partial charge on any atom is -0.362 e. The maximum atomic E-state index is 4.66. The lowest BCUT2D eigenvalue weighted by Crippen LogP contribution is -2.36. The third-order valence-electron chi connectivity index (χ3n) is 3.63. The van der Waals surface area contributed by atoms with Crippen molar-refractivity contribution in [2.45, 2.75) is 53.5 Å². The number of aliphatic imine (C=N–C) groups is 1. The Morgan fingerprint density at radius 1 is 1.37 bits per heavy atom.